The summed E-state index contributed by atoms with van der Waals surface area (Å²) in [6, 6.07) is 3.39. The van der Waals surface area contributed by atoms with E-state index in [1.807, 2.05) is 4.72 Å². The van der Waals surface area contributed by atoms with Gasteiger partial charge in [-0.05, 0) is 17.5 Å². The van der Waals surface area contributed by atoms with Crippen LogP contribution < -0.4 is 43.7 Å². The second kappa shape index (κ2) is 8.69. The van der Waals surface area contributed by atoms with Gasteiger partial charge in [-0.2, -0.15) is 11.3 Å². The Morgan fingerprint density at radius 1 is 1.36 bits per heavy atom. The Balaban J connectivity index is 0.00000312. The largest absolute Gasteiger partial charge is 1.00 e. The number of hydrogen-bond acceptors (Lipinski definition) is 8. The molecular formula is C11H9FN2NaO7PS2. The Morgan fingerprint density at radius 3 is 2.56 bits per heavy atom. The molecule has 1 aromatic heterocycles. The van der Waals surface area contributed by atoms with E-state index < -0.39 is 46.1 Å². The average Bonchev–Trinajstić information content (AvgIpc) is 3.02. The number of halogens is 1. The molecule has 0 radical (unpaired) electrons. The van der Waals surface area contributed by atoms with Crippen LogP contribution in [-0.2, 0) is 14.6 Å². The van der Waals surface area contributed by atoms with Crippen molar-refractivity contribution >= 4 is 34.6 Å². The quantitative estimate of drug-likeness (QED) is 0.254. The van der Waals surface area contributed by atoms with Crippen molar-refractivity contribution < 1.29 is 61.3 Å². The summed E-state index contributed by atoms with van der Waals surface area (Å²) in [6.07, 6.45) is -1.11. The number of sulfonamides is 1. The molecule has 1 atom stereocenters. The van der Waals surface area contributed by atoms with Gasteiger partial charge in [0.2, 0.25) is 10.0 Å². The van der Waals surface area contributed by atoms with Crippen LogP contribution in [0.15, 0.2) is 39.9 Å². The van der Waals surface area contributed by atoms with Gasteiger partial charge < -0.3 is 9.42 Å². The topological polar surface area (TPSA) is 139 Å². The van der Waals surface area contributed by atoms with Gasteiger partial charge in [0, 0.05) is 11.4 Å². The van der Waals surface area contributed by atoms with Crippen LogP contribution in [-0.4, -0.2) is 19.6 Å². The molecule has 0 aliphatic heterocycles. The second-order valence-electron chi connectivity index (χ2n) is 4.34. The summed E-state index contributed by atoms with van der Waals surface area (Å²) in [5.41, 5.74) is -0.584. The maximum atomic E-state index is 13.6. The first-order chi connectivity index (χ1) is 11.1. The monoisotopic (exact) mass is 418 g/mol. The van der Waals surface area contributed by atoms with Gasteiger partial charge in [-0.3, -0.25) is 14.7 Å². The van der Waals surface area contributed by atoms with E-state index in [0.717, 1.165) is 23.5 Å². The van der Waals surface area contributed by atoms with Crippen LogP contribution in [0.25, 0.3) is 0 Å². The molecule has 0 fully saturated rings. The first-order valence-corrected chi connectivity index (χ1v) is 10.2. The Kier molecular flexibility index (Phi) is 7.71. The van der Waals surface area contributed by atoms with Crippen molar-refractivity contribution in [2.24, 2.45) is 0 Å². The van der Waals surface area contributed by atoms with E-state index in [9.17, 15) is 32.4 Å². The molecule has 0 spiro atoms. The fourth-order valence-electron chi connectivity index (χ4n) is 1.51. The van der Waals surface area contributed by atoms with Gasteiger partial charge in [0.25, 0.3) is 5.69 Å². The molecule has 1 aromatic carbocycles. The number of thiophene rings is 1. The van der Waals surface area contributed by atoms with E-state index in [4.69, 9.17) is 0 Å². The number of benzene rings is 1. The van der Waals surface area contributed by atoms with Crippen molar-refractivity contribution in [3.63, 3.8) is 0 Å². The van der Waals surface area contributed by atoms with Crippen LogP contribution in [0.1, 0.15) is 0 Å². The summed E-state index contributed by atoms with van der Waals surface area (Å²) in [4.78, 5) is 21.3. The molecule has 0 saturated heterocycles. The van der Waals surface area contributed by atoms with Crippen LogP contribution in [0.2, 0.25) is 0 Å². The minimum Gasteiger partial charge on any atom is -0.768 e. The summed E-state index contributed by atoms with van der Waals surface area (Å²) in [5.74, 6) is -2.03. The molecule has 130 valence electrons. The van der Waals surface area contributed by atoms with E-state index in [-0.39, 0.29) is 34.5 Å². The molecule has 1 N–H and O–H groups in total. The average molecular weight is 418 g/mol. The van der Waals surface area contributed by atoms with Crippen LogP contribution >= 0.6 is 18.9 Å². The second-order valence-corrected chi connectivity index (χ2v) is 8.61. The van der Waals surface area contributed by atoms with E-state index in [0.29, 0.717) is 6.07 Å². The first-order valence-electron chi connectivity index (χ1n) is 6.06. The maximum absolute atomic E-state index is 13.6. The summed E-state index contributed by atoms with van der Waals surface area (Å²) >= 11 is 1.11. The van der Waals surface area contributed by atoms with Crippen molar-refractivity contribution in [1.82, 2.24) is 4.72 Å². The van der Waals surface area contributed by atoms with Gasteiger partial charge >= 0.3 is 29.6 Å². The molecule has 2 rings (SSSR count). The van der Waals surface area contributed by atoms with Gasteiger partial charge in [-0.15, -0.1) is 0 Å². The van der Waals surface area contributed by atoms with Crippen LogP contribution in [0.3, 0.4) is 0 Å². The summed E-state index contributed by atoms with van der Waals surface area (Å²) in [6.45, 7) is 0. The Labute approximate surface area is 167 Å². The van der Waals surface area contributed by atoms with Crippen molar-refractivity contribution in [2.45, 2.75) is 4.90 Å². The zero-order chi connectivity index (χ0) is 18.0. The molecule has 0 saturated carbocycles. The first kappa shape index (κ1) is 22.2. The molecule has 2 aromatic rings. The molecule has 0 amide bonds. The Hall–Kier alpha value is -0.850. The number of rotatable bonds is 7. The number of nitro groups is 1. The molecule has 1 heterocycles. The van der Waals surface area contributed by atoms with Crippen molar-refractivity contribution in [3.8, 4) is 5.75 Å². The molecule has 0 bridgehead atoms. The Bertz CT molecular complexity index is 907. The van der Waals surface area contributed by atoms with Crippen LogP contribution in [0, 0.1) is 15.9 Å². The van der Waals surface area contributed by atoms with Crippen molar-refractivity contribution in [2.75, 3.05) is 6.29 Å². The molecule has 0 aliphatic carbocycles. The Morgan fingerprint density at radius 2 is 2.04 bits per heavy atom. The predicted molar refractivity (Wildman–Crippen MR) is 80.8 cm³/mol. The van der Waals surface area contributed by atoms with Gasteiger partial charge in [-0.1, -0.05) is 0 Å². The molecule has 9 nitrogen and oxygen atoms in total. The zero-order valence-corrected chi connectivity index (χ0v) is 17.1. The minimum absolute atomic E-state index is 0. The molecule has 25 heavy (non-hydrogen) atoms. The zero-order valence-electron chi connectivity index (χ0n) is 12.6. The van der Waals surface area contributed by atoms with E-state index in [2.05, 4.69) is 4.52 Å². The smallest absolute Gasteiger partial charge is 0.768 e. The summed E-state index contributed by atoms with van der Waals surface area (Å²) in [7, 11) is -8.87. The molecule has 0 aliphatic rings. The third-order valence-corrected chi connectivity index (χ3v) is 6.08. The summed E-state index contributed by atoms with van der Waals surface area (Å²) < 4.78 is 55.3. The van der Waals surface area contributed by atoms with Gasteiger partial charge in [0.1, 0.15) is 0 Å². The van der Waals surface area contributed by atoms with E-state index >= 15 is 0 Å². The summed E-state index contributed by atoms with van der Waals surface area (Å²) in [5, 5.41) is 13.3. The van der Waals surface area contributed by atoms with Gasteiger partial charge in [0.15, 0.2) is 19.2 Å². The van der Waals surface area contributed by atoms with E-state index in [1.165, 1.54) is 16.8 Å². The number of nitrogens with one attached hydrogen (secondary N) is 1. The number of hydrogen-bond donors (Lipinski definition) is 1. The fraction of sp³-hybridized carbons (Fsp3) is 0.0909. The maximum Gasteiger partial charge on any atom is 1.00 e. The SMILES string of the molecule is O=[N+]([O-])c1ccc(OP(=O)([O-])CNS(=O)(=O)c2ccsc2)c(F)c1.[Na+]. The number of non-ortho nitro benzene ring substituents is 1. The van der Waals surface area contributed by atoms with Crippen LogP contribution in [0.4, 0.5) is 10.1 Å². The third kappa shape index (κ3) is 6.12. The minimum atomic E-state index is -4.83. The fourth-order valence-corrected chi connectivity index (χ4v) is 5.03. The molecule has 1 unspecified atom stereocenters. The normalized spacial score (nSPS) is 13.5. The van der Waals surface area contributed by atoms with Gasteiger partial charge in [0.05, 0.1) is 22.2 Å². The number of nitrogens with zero attached hydrogens (tertiary/aromatic N) is 1. The number of nitro benzene ring substituents is 1. The van der Waals surface area contributed by atoms with Crippen molar-refractivity contribution in [3.05, 3.63) is 51.0 Å². The molecule has 14 heteroatoms. The van der Waals surface area contributed by atoms with E-state index in [1.54, 1.807) is 0 Å². The standard InChI is InChI=1S/C11H10FN2O7PS2.Na/c12-10-5-8(14(15)16)1-2-11(10)21-22(17,18)7-13-24(19,20)9-3-4-23-6-9;/h1-6,13H,7H2,(H,17,18);/q;+1/p-1. The molecular weight excluding hydrogens is 409 g/mol. The van der Waals surface area contributed by atoms with Gasteiger partial charge in [-0.25, -0.2) is 17.5 Å². The van der Waals surface area contributed by atoms with Crippen molar-refractivity contribution in [1.29, 1.82) is 0 Å². The third-order valence-electron chi connectivity index (χ3n) is 2.62. The van der Waals surface area contributed by atoms with Crippen LogP contribution in [0.5, 0.6) is 5.75 Å². The predicted octanol–water partition coefficient (Wildman–Crippen LogP) is -1.33.